The molecule has 1 atom stereocenters. The Labute approximate surface area is 143 Å². The molecule has 2 aromatic rings. The minimum absolute atomic E-state index is 0.0972. The van der Waals surface area contributed by atoms with Gasteiger partial charge in [0.1, 0.15) is 0 Å². The quantitative estimate of drug-likeness (QED) is 0.794. The molecule has 0 bridgehead atoms. The molecule has 2 rings (SSSR count). The van der Waals surface area contributed by atoms with E-state index in [9.17, 15) is 9.59 Å². The minimum atomic E-state index is -0.899. The zero-order valence-corrected chi connectivity index (χ0v) is 14.5. The Hall–Kier alpha value is -2.46. The summed E-state index contributed by atoms with van der Waals surface area (Å²) in [5.41, 5.74) is 1.74. The van der Waals surface area contributed by atoms with Crippen molar-refractivity contribution in [2.24, 2.45) is 0 Å². The van der Waals surface area contributed by atoms with Gasteiger partial charge < -0.3 is 10.4 Å². The molecular weight excluding hydrogens is 302 g/mol. The normalized spacial score (nSPS) is 11.1. The van der Waals surface area contributed by atoms with Gasteiger partial charge >= 0.3 is 5.97 Å². The molecule has 0 saturated heterocycles. The first-order valence-electron chi connectivity index (χ1n) is 8.14. The largest absolute Gasteiger partial charge is 0.481 e. The molecule has 2 N–H and O–H groups in total. The van der Waals surface area contributed by atoms with Gasteiger partial charge in [-0.2, -0.15) is 0 Å². The standard InChI is InChI=1S/C16H14O3.C4H11N/c1-11(16(18)19)13-8-5-9-14(10-13)15(17)12-6-3-2-4-7-12;1-3-5-4-2/h2-11H,1H3,(H,18,19);5H,3-4H2,1-2H3/t11-;/m0./s1. The lowest BCUT2D eigenvalue weighted by Crippen LogP contribution is -2.09. The number of benzene rings is 2. The number of carbonyl (C=O) groups is 2. The second-order valence-electron chi connectivity index (χ2n) is 5.34. The molecule has 4 nitrogen and oxygen atoms in total. The van der Waals surface area contributed by atoms with E-state index in [1.165, 1.54) is 0 Å². The molecule has 128 valence electrons. The van der Waals surface area contributed by atoms with Gasteiger partial charge in [0.25, 0.3) is 0 Å². The van der Waals surface area contributed by atoms with Crippen molar-refractivity contribution in [3.63, 3.8) is 0 Å². The van der Waals surface area contributed by atoms with Gasteiger partial charge in [-0.1, -0.05) is 62.4 Å². The molecule has 0 radical (unpaired) electrons. The number of carboxylic acids is 1. The fourth-order valence-corrected chi connectivity index (χ4v) is 2.10. The summed E-state index contributed by atoms with van der Waals surface area (Å²) in [6, 6.07) is 15.7. The second-order valence-corrected chi connectivity index (χ2v) is 5.34. The number of hydrogen-bond acceptors (Lipinski definition) is 3. The van der Waals surface area contributed by atoms with E-state index in [1.807, 2.05) is 6.07 Å². The van der Waals surface area contributed by atoms with E-state index >= 15 is 0 Å². The number of carboxylic acid groups (broad SMARTS) is 1. The summed E-state index contributed by atoms with van der Waals surface area (Å²) in [7, 11) is 0. The maximum absolute atomic E-state index is 12.2. The van der Waals surface area contributed by atoms with Crippen molar-refractivity contribution in [1.82, 2.24) is 5.32 Å². The molecule has 0 aromatic heterocycles. The molecule has 0 fully saturated rings. The third-order valence-electron chi connectivity index (χ3n) is 3.56. The maximum Gasteiger partial charge on any atom is 0.310 e. The van der Waals surface area contributed by atoms with Crippen LogP contribution in [-0.4, -0.2) is 29.9 Å². The number of nitrogens with one attached hydrogen (secondary N) is 1. The first kappa shape index (κ1) is 19.6. The van der Waals surface area contributed by atoms with Gasteiger partial charge in [0, 0.05) is 11.1 Å². The SMILES string of the molecule is CCNCC.C[C@H](C(=O)O)c1cccc(C(=O)c2ccccc2)c1. The lowest BCUT2D eigenvalue weighted by atomic mass is 9.96. The zero-order valence-electron chi connectivity index (χ0n) is 14.5. The van der Waals surface area contributed by atoms with Gasteiger partial charge in [-0.15, -0.1) is 0 Å². The summed E-state index contributed by atoms with van der Waals surface area (Å²) in [4.78, 5) is 23.2. The lowest BCUT2D eigenvalue weighted by molar-refractivity contribution is -0.138. The smallest absolute Gasteiger partial charge is 0.310 e. The van der Waals surface area contributed by atoms with Crippen LogP contribution in [0.2, 0.25) is 0 Å². The minimum Gasteiger partial charge on any atom is -0.481 e. The van der Waals surface area contributed by atoms with Crippen LogP contribution in [0.4, 0.5) is 0 Å². The van der Waals surface area contributed by atoms with E-state index in [4.69, 9.17) is 5.11 Å². The van der Waals surface area contributed by atoms with Crippen molar-refractivity contribution in [2.45, 2.75) is 26.7 Å². The Kier molecular flexibility index (Phi) is 8.44. The number of rotatable bonds is 6. The topological polar surface area (TPSA) is 66.4 Å². The van der Waals surface area contributed by atoms with E-state index in [2.05, 4.69) is 19.2 Å². The van der Waals surface area contributed by atoms with E-state index in [1.54, 1.807) is 55.5 Å². The van der Waals surface area contributed by atoms with Gasteiger partial charge in [-0.3, -0.25) is 9.59 Å². The summed E-state index contributed by atoms with van der Waals surface area (Å²) in [5.74, 6) is -1.62. The van der Waals surface area contributed by atoms with Crippen LogP contribution in [0.15, 0.2) is 54.6 Å². The summed E-state index contributed by atoms with van der Waals surface area (Å²) >= 11 is 0. The van der Waals surface area contributed by atoms with Crippen molar-refractivity contribution in [3.8, 4) is 0 Å². The molecule has 0 aliphatic rings. The summed E-state index contributed by atoms with van der Waals surface area (Å²) in [6.07, 6.45) is 0. The molecule has 24 heavy (non-hydrogen) atoms. The van der Waals surface area contributed by atoms with Crippen LogP contribution in [0.25, 0.3) is 0 Å². The molecule has 0 saturated carbocycles. The summed E-state index contributed by atoms with van der Waals surface area (Å²) in [6.45, 7) is 7.99. The molecule has 0 amide bonds. The molecule has 0 aliphatic heterocycles. The number of carbonyl (C=O) groups excluding carboxylic acids is 1. The molecule has 0 unspecified atom stereocenters. The van der Waals surface area contributed by atoms with Gasteiger partial charge in [-0.05, 0) is 31.6 Å². The zero-order chi connectivity index (χ0) is 17.9. The van der Waals surface area contributed by atoms with Crippen molar-refractivity contribution in [3.05, 3.63) is 71.3 Å². The highest BCUT2D eigenvalue weighted by molar-refractivity contribution is 6.09. The highest BCUT2D eigenvalue weighted by Gasteiger charge is 2.16. The van der Waals surface area contributed by atoms with E-state index in [0.29, 0.717) is 16.7 Å². The van der Waals surface area contributed by atoms with E-state index in [0.717, 1.165) is 13.1 Å². The van der Waals surface area contributed by atoms with Gasteiger partial charge in [-0.25, -0.2) is 0 Å². The Morgan fingerprint density at radius 2 is 1.54 bits per heavy atom. The molecule has 0 aliphatic carbocycles. The molecule has 2 aromatic carbocycles. The Bertz CT molecular complexity index is 651. The average Bonchev–Trinajstić information content (AvgIpc) is 2.62. The van der Waals surface area contributed by atoms with Crippen LogP contribution in [0.5, 0.6) is 0 Å². The van der Waals surface area contributed by atoms with Crippen molar-refractivity contribution in [2.75, 3.05) is 13.1 Å². The van der Waals surface area contributed by atoms with Crippen molar-refractivity contribution < 1.29 is 14.7 Å². The van der Waals surface area contributed by atoms with Gasteiger partial charge in [0.05, 0.1) is 5.92 Å². The fraction of sp³-hybridized carbons (Fsp3) is 0.300. The first-order valence-corrected chi connectivity index (χ1v) is 8.14. The third-order valence-corrected chi connectivity index (χ3v) is 3.56. The van der Waals surface area contributed by atoms with Crippen molar-refractivity contribution >= 4 is 11.8 Å². The summed E-state index contributed by atoms with van der Waals surface area (Å²) in [5, 5.41) is 12.1. The van der Waals surface area contributed by atoms with Gasteiger partial charge in [0.2, 0.25) is 0 Å². The number of ketones is 1. The third kappa shape index (κ3) is 5.97. The highest BCUT2D eigenvalue weighted by atomic mass is 16.4. The van der Waals surface area contributed by atoms with Crippen LogP contribution in [-0.2, 0) is 4.79 Å². The van der Waals surface area contributed by atoms with Gasteiger partial charge in [0.15, 0.2) is 5.78 Å². The van der Waals surface area contributed by atoms with E-state index in [-0.39, 0.29) is 5.78 Å². The van der Waals surface area contributed by atoms with Crippen LogP contribution < -0.4 is 5.32 Å². The van der Waals surface area contributed by atoms with Crippen LogP contribution in [0.3, 0.4) is 0 Å². The van der Waals surface area contributed by atoms with Crippen LogP contribution >= 0.6 is 0 Å². The maximum atomic E-state index is 12.2. The number of hydrogen-bond donors (Lipinski definition) is 2. The Morgan fingerprint density at radius 3 is 2.04 bits per heavy atom. The second kappa shape index (κ2) is 10.3. The fourth-order valence-electron chi connectivity index (χ4n) is 2.10. The summed E-state index contributed by atoms with van der Waals surface area (Å²) < 4.78 is 0. The highest BCUT2D eigenvalue weighted by Crippen LogP contribution is 2.18. The van der Waals surface area contributed by atoms with E-state index < -0.39 is 11.9 Å². The predicted molar refractivity (Wildman–Crippen MR) is 96.6 cm³/mol. The Morgan fingerprint density at radius 1 is 0.958 bits per heavy atom. The first-order chi connectivity index (χ1) is 11.5. The molecular formula is C20H25NO3. The van der Waals surface area contributed by atoms with Crippen LogP contribution in [0.1, 0.15) is 48.2 Å². The average molecular weight is 327 g/mol. The Balaban J connectivity index is 0.000000505. The molecule has 4 heteroatoms. The van der Waals surface area contributed by atoms with Crippen LogP contribution in [0, 0.1) is 0 Å². The lowest BCUT2D eigenvalue weighted by Gasteiger charge is -2.08. The molecule has 0 spiro atoms. The molecule has 0 heterocycles. The predicted octanol–water partition coefficient (Wildman–Crippen LogP) is 3.72. The monoisotopic (exact) mass is 327 g/mol. The number of aliphatic carboxylic acids is 1. The van der Waals surface area contributed by atoms with Crippen molar-refractivity contribution in [1.29, 1.82) is 0 Å².